The lowest BCUT2D eigenvalue weighted by Gasteiger charge is -2.24. The second kappa shape index (κ2) is 9.72. The summed E-state index contributed by atoms with van der Waals surface area (Å²) in [6, 6.07) is 12.9. The molecule has 1 aromatic heterocycles. The van der Waals surface area contributed by atoms with Gasteiger partial charge in [0.25, 0.3) is 10.0 Å². The van der Waals surface area contributed by atoms with Crippen LogP contribution < -0.4 is 9.62 Å². The number of thiophene rings is 1. The molecule has 1 N–H and O–H groups in total. The van der Waals surface area contributed by atoms with E-state index in [4.69, 9.17) is 16.3 Å². The number of hydrogen-bond acceptors (Lipinski definition) is 6. The summed E-state index contributed by atoms with van der Waals surface area (Å²) in [7, 11) is -3.10. The van der Waals surface area contributed by atoms with Gasteiger partial charge in [-0.25, -0.2) is 13.2 Å². The van der Waals surface area contributed by atoms with Gasteiger partial charge in [0, 0.05) is 10.7 Å². The van der Waals surface area contributed by atoms with Crippen LogP contribution in [-0.4, -0.2) is 33.9 Å². The third kappa shape index (κ3) is 4.95. The standard InChI is InChI=1S/C22H21ClN2O5S2/c1-14-5-4-6-15(2)20(14)24-19(26)13-25(17-9-7-16(23)8-10-17)32(28,29)18-11-12-31-21(18)22(27)30-3/h4-12H,13H2,1-3H3,(H,24,26). The smallest absolute Gasteiger partial charge is 0.349 e. The Bertz CT molecular complexity index is 1230. The zero-order valence-corrected chi connectivity index (χ0v) is 20.0. The summed E-state index contributed by atoms with van der Waals surface area (Å²) in [4.78, 5) is 24.7. The van der Waals surface area contributed by atoms with Crippen LogP contribution in [-0.2, 0) is 19.6 Å². The number of ether oxygens (including phenoxy) is 1. The highest BCUT2D eigenvalue weighted by Crippen LogP contribution is 2.30. The minimum absolute atomic E-state index is 0.0679. The number of amides is 1. The molecule has 0 unspecified atom stereocenters. The topological polar surface area (TPSA) is 92.8 Å². The average Bonchev–Trinajstić information content (AvgIpc) is 3.26. The summed E-state index contributed by atoms with van der Waals surface area (Å²) in [5.74, 6) is -1.30. The molecule has 0 radical (unpaired) electrons. The second-order valence-electron chi connectivity index (χ2n) is 6.91. The molecule has 32 heavy (non-hydrogen) atoms. The molecule has 3 aromatic rings. The number of halogens is 1. The van der Waals surface area contributed by atoms with Gasteiger partial charge < -0.3 is 10.1 Å². The molecule has 0 aliphatic rings. The third-order valence-electron chi connectivity index (χ3n) is 4.72. The summed E-state index contributed by atoms with van der Waals surface area (Å²) in [5.41, 5.74) is 2.56. The van der Waals surface area contributed by atoms with Crippen LogP contribution in [0.5, 0.6) is 0 Å². The summed E-state index contributed by atoms with van der Waals surface area (Å²) in [6.07, 6.45) is 0. The maximum Gasteiger partial charge on any atom is 0.349 e. The summed E-state index contributed by atoms with van der Waals surface area (Å²) in [6.45, 7) is 3.20. The van der Waals surface area contributed by atoms with E-state index in [1.54, 1.807) is 0 Å². The highest BCUT2D eigenvalue weighted by molar-refractivity contribution is 7.93. The molecule has 0 saturated carbocycles. The first kappa shape index (κ1) is 23.8. The van der Waals surface area contributed by atoms with E-state index >= 15 is 0 Å². The Morgan fingerprint density at radius 1 is 1.06 bits per heavy atom. The fraction of sp³-hybridized carbons (Fsp3) is 0.182. The number of benzene rings is 2. The lowest BCUT2D eigenvalue weighted by atomic mass is 10.1. The molecule has 0 bridgehead atoms. The molecule has 1 heterocycles. The van der Waals surface area contributed by atoms with Crippen molar-refractivity contribution in [3.05, 3.63) is 74.9 Å². The van der Waals surface area contributed by atoms with Crippen molar-refractivity contribution in [1.29, 1.82) is 0 Å². The maximum absolute atomic E-state index is 13.6. The minimum Gasteiger partial charge on any atom is -0.465 e. The Hall–Kier alpha value is -2.88. The third-order valence-corrected chi connectivity index (χ3v) is 7.81. The van der Waals surface area contributed by atoms with Gasteiger partial charge in [-0.05, 0) is 60.7 Å². The van der Waals surface area contributed by atoms with Crippen LogP contribution >= 0.6 is 22.9 Å². The molecule has 0 spiro atoms. The number of nitrogens with one attached hydrogen (secondary N) is 1. The lowest BCUT2D eigenvalue weighted by molar-refractivity contribution is -0.114. The first-order valence-corrected chi connectivity index (χ1v) is 12.1. The molecule has 3 rings (SSSR count). The highest BCUT2D eigenvalue weighted by atomic mass is 35.5. The van der Waals surface area contributed by atoms with E-state index in [2.05, 4.69) is 5.32 Å². The number of anilines is 2. The minimum atomic E-state index is -4.28. The van der Waals surface area contributed by atoms with E-state index in [0.717, 1.165) is 26.8 Å². The van der Waals surface area contributed by atoms with E-state index in [9.17, 15) is 18.0 Å². The Labute approximate surface area is 195 Å². The second-order valence-corrected chi connectivity index (χ2v) is 10.1. The summed E-state index contributed by atoms with van der Waals surface area (Å²) in [5, 5.41) is 4.69. The molecule has 10 heteroatoms. The molecular formula is C22H21ClN2O5S2. The molecule has 7 nitrogen and oxygen atoms in total. The van der Waals surface area contributed by atoms with Crippen molar-refractivity contribution in [2.75, 3.05) is 23.3 Å². The van der Waals surface area contributed by atoms with Crippen LogP contribution in [0.3, 0.4) is 0 Å². The van der Waals surface area contributed by atoms with Crippen molar-refractivity contribution in [1.82, 2.24) is 0 Å². The van der Waals surface area contributed by atoms with Gasteiger partial charge in [-0.15, -0.1) is 11.3 Å². The van der Waals surface area contributed by atoms with Gasteiger partial charge >= 0.3 is 5.97 Å². The van der Waals surface area contributed by atoms with E-state index < -0.39 is 28.4 Å². The van der Waals surface area contributed by atoms with Gasteiger partial charge in [-0.2, -0.15) is 0 Å². The Balaban J connectivity index is 2.01. The fourth-order valence-electron chi connectivity index (χ4n) is 3.10. The largest absolute Gasteiger partial charge is 0.465 e. The Morgan fingerprint density at radius 2 is 1.69 bits per heavy atom. The highest BCUT2D eigenvalue weighted by Gasteiger charge is 2.32. The van der Waals surface area contributed by atoms with Crippen molar-refractivity contribution >= 4 is 56.2 Å². The number of sulfonamides is 1. The molecular weight excluding hydrogens is 472 g/mol. The van der Waals surface area contributed by atoms with Gasteiger partial charge in [-0.1, -0.05) is 29.8 Å². The number of methoxy groups -OCH3 is 1. The molecule has 168 valence electrons. The number of aryl methyl sites for hydroxylation is 2. The molecule has 0 atom stereocenters. The van der Waals surface area contributed by atoms with Crippen LogP contribution in [0.1, 0.15) is 20.8 Å². The summed E-state index contributed by atoms with van der Waals surface area (Å²) < 4.78 is 32.8. The number of nitrogens with zero attached hydrogens (tertiary/aromatic N) is 1. The molecule has 2 aromatic carbocycles. The maximum atomic E-state index is 13.6. The van der Waals surface area contributed by atoms with Crippen molar-refractivity contribution in [3.63, 3.8) is 0 Å². The number of para-hydroxylation sites is 1. The number of rotatable bonds is 7. The van der Waals surface area contributed by atoms with Crippen LogP contribution in [0.15, 0.2) is 58.8 Å². The quantitative estimate of drug-likeness (QED) is 0.485. The molecule has 0 aliphatic carbocycles. The van der Waals surface area contributed by atoms with Crippen molar-refractivity contribution in [3.8, 4) is 0 Å². The zero-order chi connectivity index (χ0) is 23.5. The van der Waals surface area contributed by atoms with Gasteiger partial charge in [-0.3, -0.25) is 9.10 Å². The monoisotopic (exact) mass is 492 g/mol. The van der Waals surface area contributed by atoms with Crippen LogP contribution in [0.4, 0.5) is 11.4 Å². The Kier molecular flexibility index (Phi) is 7.22. The normalized spacial score (nSPS) is 11.1. The first-order chi connectivity index (χ1) is 15.1. The number of esters is 1. The van der Waals surface area contributed by atoms with Gasteiger partial charge in [0.2, 0.25) is 5.91 Å². The van der Waals surface area contributed by atoms with Crippen molar-refractivity contribution in [2.24, 2.45) is 0 Å². The predicted octanol–water partition coefficient (Wildman–Crippen LogP) is 4.64. The van der Waals surface area contributed by atoms with E-state index in [0.29, 0.717) is 10.7 Å². The average molecular weight is 493 g/mol. The van der Waals surface area contributed by atoms with Gasteiger partial charge in [0.15, 0.2) is 0 Å². The summed E-state index contributed by atoms with van der Waals surface area (Å²) >= 11 is 6.90. The first-order valence-electron chi connectivity index (χ1n) is 9.45. The number of carbonyl (C=O) groups is 2. The lowest BCUT2D eigenvalue weighted by Crippen LogP contribution is -2.38. The molecule has 0 fully saturated rings. The number of carbonyl (C=O) groups excluding carboxylic acids is 2. The van der Waals surface area contributed by atoms with Crippen LogP contribution in [0.25, 0.3) is 0 Å². The zero-order valence-electron chi connectivity index (χ0n) is 17.6. The molecule has 0 saturated heterocycles. The van der Waals surface area contributed by atoms with Crippen molar-refractivity contribution < 1.29 is 22.7 Å². The van der Waals surface area contributed by atoms with Gasteiger partial charge in [0.05, 0.1) is 12.8 Å². The van der Waals surface area contributed by atoms with Crippen molar-refractivity contribution in [2.45, 2.75) is 18.7 Å². The van der Waals surface area contributed by atoms with E-state index in [1.165, 1.54) is 42.8 Å². The SMILES string of the molecule is COC(=O)c1sccc1S(=O)(=O)N(CC(=O)Nc1c(C)cccc1C)c1ccc(Cl)cc1. The predicted molar refractivity (Wildman–Crippen MR) is 126 cm³/mol. The van der Waals surface area contributed by atoms with E-state index in [-0.39, 0.29) is 15.5 Å². The number of hydrogen-bond donors (Lipinski definition) is 1. The molecule has 1 amide bonds. The van der Waals surface area contributed by atoms with Gasteiger partial charge in [0.1, 0.15) is 16.3 Å². The van der Waals surface area contributed by atoms with E-state index in [1.807, 2.05) is 32.0 Å². The molecule has 0 aliphatic heterocycles. The fourth-order valence-corrected chi connectivity index (χ4v) is 5.96. The van der Waals surface area contributed by atoms with Crippen LogP contribution in [0.2, 0.25) is 5.02 Å². The van der Waals surface area contributed by atoms with Crippen LogP contribution in [0, 0.1) is 13.8 Å². The Morgan fingerprint density at radius 3 is 2.28 bits per heavy atom.